The van der Waals surface area contributed by atoms with Crippen LogP contribution in [0.5, 0.6) is 0 Å². The average molecular weight is 302 g/mol. The van der Waals surface area contributed by atoms with Crippen molar-refractivity contribution in [1.29, 1.82) is 0 Å². The van der Waals surface area contributed by atoms with Crippen LogP contribution < -0.4 is 0 Å². The molecule has 0 atom stereocenters. The van der Waals surface area contributed by atoms with Gasteiger partial charge in [-0.3, -0.25) is 4.79 Å². The third kappa shape index (κ3) is 2.57. The minimum Gasteiger partial charge on any atom is -0.289 e. The molecule has 0 aliphatic heterocycles. The highest BCUT2D eigenvalue weighted by Gasteiger charge is 2.21. The van der Waals surface area contributed by atoms with Gasteiger partial charge < -0.3 is 0 Å². The zero-order chi connectivity index (χ0) is 15.6. The lowest BCUT2D eigenvalue weighted by molar-refractivity contribution is 0.102. The number of Topliss-reactive ketones (excluding diaryl/α,β-unsaturated/α-hetero) is 1. The van der Waals surface area contributed by atoms with Gasteiger partial charge in [-0.2, -0.15) is 5.21 Å². The van der Waals surface area contributed by atoms with E-state index in [1.54, 1.807) is 0 Å². The minimum atomic E-state index is 0.133. The van der Waals surface area contributed by atoms with Crippen LogP contribution in [0.25, 0.3) is 17.5 Å². The fraction of sp³-hybridized carbons (Fsp3) is 0.111. The number of H-pyrrole nitrogens is 1. The molecule has 0 spiro atoms. The molecule has 2 aromatic carbocycles. The number of hydrogen-bond acceptors (Lipinski definition) is 4. The summed E-state index contributed by atoms with van der Waals surface area (Å²) in [6, 6.07) is 15.6. The standard InChI is InChI=1S/C18H14N4O/c23-17-15(10-9-13-3-1-2-4-16(13)17)11-12-5-7-14(8-6-12)18-19-21-22-20-18/h1-8,11H,9-10H2,(H,19,20,21,22)/b15-11-. The van der Waals surface area contributed by atoms with Gasteiger partial charge in [0.1, 0.15) is 0 Å². The van der Waals surface area contributed by atoms with Crippen LogP contribution >= 0.6 is 0 Å². The van der Waals surface area contributed by atoms with Crippen LogP contribution in [0.15, 0.2) is 54.1 Å². The predicted molar refractivity (Wildman–Crippen MR) is 86.7 cm³/mol. The highest BCUT2D eigenvalue weighted by molar-refractivity contribution is 6.13. The van der Waals surface area contributed by atoms with E-state index in [9.17, 15) is 4.79 Å². The number of carbonyl (C=O) groups is 1. The molecule has 0 saturated heterocycles. The molecule has 5 nitrogen and oxygen atoms in total. The van der Waals surface area contributed by atoms with E-state index >= 15 is 0 Å². The lowest BCUT2D eigenvalue weighted by atomic mass is 9.86. The molecular weight excluding hydrogens is 288 g/mol. The van der Waals surface area contributed by atoms with Crippen molar-refractivity contribution in [2.75, 3.05) is 0 Å². The summed E-state index contributed by atoms with van der Waals surface area (Å²) in [5.74, 6) is 0.695. The molecular formula is C18H14N4O. The lowest BCUT2D eigenvalue weighted by Gasteiger charge is -2.17. The van der Waals surface area contributed by atoms with Crippen molar-refractivity contribution in [3.05, 3.63) is 70.8 Å². The zero-order valence-corrected chi connectivity index (χ0v) is 12.4. The molecule has 1 aliphatic rings. The number of tetrazole rings is 1. The van der Waals surface area contributed by atoms with E-state index in [1.165, 1.54) is 0 Å². The topological polar surface area (TPSA) is 71.5 Å². The van der Waals surface area contributed by atoms with E-state index in [2.05, 4.69) is 20.6 Å². The van der Waals surface area contributed by atoms with Crippen LogP contribution in [-0.4, -0.2) is 26.4 Å². The number of rotatable bonds is 2. The average Bonchev–Trinajstić information content (AvgIpc) is 3.13. The molecule has 1 N–H and O–H groups in total. The minimum absolute atomic E-state index is 0.133. The number of nitrogens with zero attached hydrogens (tertiary/aromatic N) is 3. The van der Waals surface area contributed by atoms with E-state index < -0.39 is 0 Å². The van der Waals surface area contributed by atoms with Crippen LogP contribution in [0.3, 0.4) is 0 Å². The van der Waals surface area contributed by atoms with Crippen molar-refractivity contribution in [3.63, 3.8) is 0 Å². The molecule has 23 heavy (non-hydrogen) atoms. The first-order valence-corrected chi connectivity index (χ1v) is 7.48. The van der Waals surface area contributed by atoms with E-state index in [0.29, 0.717) is 5.82 Å². The number of carbonyl (C=O) groups excluding carboxylic acids is 1. The highest BCUT2D eigenvalue weighted by Crippen LogP contribution is 2.26. The van der Waals surface area contributed by atoms with Gasteiger partial charge in [0.25, 0.3) is 0 Å². The number of nitrogens with one attached hydrogen (secondary N) is 1. The molecule has 0 saturated carbocycles. The van der Waals surface area contributed by atoms with Gasteiger partial charge in [-0.15, -0.1) is 10.2 Å². The van der Waals surface area contributed by atoms with Gasteiger partial charge in [-0.05, 0) is 35.3 Å². The van der Waals surface area contributed by atoms with Crippen molar-refractivity contribution in [3.8, 4) is 11.4 Å². The van der Waals surface area contributed by atoms with Crippen LogP contribution in [-0.2, 0) is 6.42 Å². The molecule has 4 rings (SSSR count). The van der Waals surface area contributed by atoms with Gasteiger partial charge in [0.2, 0.25) is 5.82 Å². The molecule has 0 fully saturated rings. The molecule has 0 unspecified atom stereocenters. The molecule has 0 radical (unpaired) electrons. The Hall–Kier alpha value is -3.08. The Morgan fingerprint density at radius 3 is 2.61 bits per heavy atom. The first-order valence-electron chi connectivity index (χ1n) is 7.48. The molecule has 3 aromatic rings. The summed E-state index contributed by atoms with van der Waals surface area (Å²) in [4.78, 5) is 12.6. The number of allylic oxidation sites excluding steroid dienone is 1. The van der Waals surface area contributed by atoms with Crippen molar-refractivity contribution in [2.24, 2.45) is 0 Å². The molecule has 1 aliphatic carbocycles. The Balaban J connectivity index is 1.62. The summed E-state index contributed by atoms with van der Waals surface area (Å²) < 4.78 is 0. The summed E-state index contributed by atoms with van der Waals surface area (Å²) in [5.41, 5.74) is 4.72. The fourth-order valence-electron chi connectivity index (χ4n) is 2.87. The second-order valence-corrected chi connectivity index (χ2v) is 5.51. The third-order valence-corrected chi connectivity index (χ3v) is 4.07. The molecule has 112 valence electrons. The Morgan fingerprint density at radius 1 is 1.00 bits per heavy atom. The van der Waals surface area contributed by atoms with E-state index in [1.807, 2.05) is 54.6 Å². The Kier molecular flexibility index (Phi) is 3.31. The molecule has 1 heterocycles. The van der Waals surface area contributed by atoms with E-state index in [0.717, 1.165) is 40.7 Å². The Labute approximate surface area is 133 Å². The number of aromatic nitrogens is 4. The maximum Gasteiger partial charge on any atom is 0.204 e. The zero-order valence-electron chi connectivity index (χ0n) is 12.4. The summed E-state index contributed by atoms with van der Waals surface area (Å²) in [6.45, 7) is 0. The van der Waals surface area contributed by atoms with Gasteiger partial charge in [-0.1, -0.05) is 48.5 Å². The fourth-order valence-corrected chi connectivity index (χ4v) is 2.87. The van der Waals surface area contributed by atoms with Gasteiger partial charge in [0.15, 0.2) is 5.78 Å². The molecule has 0 amide bonds. The third-order valence-electron chi connectivity index (χ3n) is 4.07. The summed E-state index contributed by atoms with van der Waals surface area (Å²) >= 11 is 0. The number of aromatic amines is 1. The van der Waals surface area contributed by atoms with Crippen molar-refractivity contribution in [1.82, 2.24) is 20.6 Å². The van der Waals surface area contributed by atoms with Gasteiger partial charge in [-0.25, -0.2) is 0 Å². The molecule has 0 bridgehead atoms. The maximum atomic E-state index is 12.6. The molecule has 1 aromatic heterocycles. The van der Waals surface area contributed by atoms with Gasteiger partial charge >= 0.3 is 0 Å². The van der Waals surface area contributed by atoms with E-state index in [-0.39, 0.29) is 5.78 Å². The number of fused-ring (bicyclic) bond motifs is 1. The van der Waals surface area contributed by atoms with Crippen LogP contribution in [0.2, 0.25) is 0 Å². The number of benzene rings is 2. The first kappa shape index (κ1) is 13.6. The van der Waals surface area contributed by atoms with E-state index in [4.69, 9.17) is 0 Å². The predicted octanol–water partition coefficient (Wildman–Crippen LogP) is 3.08. The van der Waals surface area contributed by atoms with Crippen molar-refractivity contribution >= 4 is 11.9 Å². The van der Waals surface area contributed by atoms with Crippen LogP contribution in [0, 0.1) is 0 Å². The second-order valence-electron chi connectivity index (χ2n) is 5.51. The Bertz CT molecular complexity index is 880. The highest BCUT2D eigenvalue weighted by atomic mass is 16.1. The van der Waals surface area contributed by atoms with Crippen LogP contribution in [0.4, 0.5) is 0 Å². The smallest absolute Gasteiger partial charge is 0.204 e. The summed E-state index contributed by atoms with van der Waals surface area (Å²) in [6.07, 6.45) is 3.66. The lowest BCUT2D eigenvalue weighted by Crippen LogP contribution is -2.13. The SMILES string of the molecule is O=C1/C(=C\c2ccc(-c3nn[nH]n3)cc2)CCc2ccccc21. The first-order chi connectivity index (χ1) is 11.3. The number of aryl methyl sites for hydroxylation is 1. The summed E-state index contributed by atoms with van der Waals surface area (Å²) in [7, 11) is 0. The van der Waals surface area contributed by atoms with Crippen LogP contribution in [0.1, 0.15) is 27.9 Å². The Morgan fingerprint density at radius 2 is 1.83 bits per heavy atom. The van der Waals surface area contributed by atoms with Crippen molar-refractivity contribution in [2.45, 2.75) is 12.8 Å². The quantitative estimate of drug-likeness (QED) is 0.738. The largest absolute Gasteiger partial charge is 0.289 e. The van der Waals surface area contributed by atoms with Crippen molar-refractivity contribution < 1.29 is 4.79 Å². The van der Waals surface area contributed by atoms with Gasteiger partial charge in [0, 0.05) is 16.7 Å². The maximum absolute atomic E-state index is 12.6. The number of hydrogen-bond donors (Lipinski definition) is 1. The van der Waals surface area contributed by atoms with Gasteiger partial charge in [0.05, 0.1) is 0 Å². The summed E-state index contributed by atoms with van der Waals surface area (Å²) in [5, 5.41) is 13.9. The normalized spacial score (nSPS) is 15.7. The second kappa shape index (κ2) is 5.61. The number of ketones is 1. The molecule has 5 heteroatoms. The monoisotopic (exact) mass is 302 g/mol.